The zero-order valence-electron chi connectivity index (χ0n) is 18.9. The number of anilines is 1. The van der Waals surface area contributed by atoms with E-state index >= 15 is 0 Å². The third kappa shape index (κ3) is 6.63. The third-order valence-electron chi connectivity index (χ3n) is 5.91. The number of amides is 2. The van der Waals surface area contributed by atoms with Crippen molar-refractivity contribution in [1.82, 2.24) is 20.1 Å². The summed E-state index contributed by atoms with van der Waals surface area (Å²) < 4.78 is 0. The molecule has 1 aromatic heterocycles. The summed E-state index contributed by atoms with van der Waals surface area (Å²) in [5, 5.41) is 5.87. The first kappa shape index (κ1) is 23.9. The second-order valence-corrected chi connectivity index (χ2v) is 8.71. The fourth-order valence-electron chi connectivity index (χ4n) is 4.13. The molecular formula is C26H28ClN5O2. The molecule has 2 N–H and O–H groups in total. The number of hydrogen-bond acceptors (Lipinski definition) is 5. The molecule has 1 atom stereocenters. The normalized spacial score (nSPS) is 15.4. The first-order valence-electron chi connectivity index (χ1n) is 11.3. The van der Waals surface area contributed by atoms with Crippen LogP contribution >= 0.6 is 11.6 Å². The number of carbonyl (C=O) groups is 2. The van der Waals surface area contributed by atoms with Gasteiger partial charge in [0.1, 0.15) is 0 Å². The minimum atomic E-state index is -0.722. The fourth-order valence-corrected chi connectivity index (χ4v) is 4.32. The van der Waals surface area contributed by atoms with Gasteiger partial charge in [-0.1, -0.05) is 54.1 Å². The minimum absolute atomic E-state index is 0.0736. The second-order valence-electron chi connectivity index (χ2n) is 8.27. The van der Waals surface area contributed by atoms with Crippen molar-refractivity contribution in [2.75, 3.05) is 38.0 Å². The number of benzene rings is 2. The maximum absolute atomic E-state index is 12.5. The topological polar surface area (TPSA) is 77.6 Å². The van der Waals surface area contributed by atoms with Crippen molar-refractivity contribution in [2.45, 2.75) is 12.6 Å². The molecule has 8 heteroatoms. The molecule has 0 spiro atoms. The van der Waals surface area contributed by atoms with Crippen molar-refractivity contribution >= 4 is 29.1 Å². The lowest BCUT2D eigenvalue weighted by molar-refractivity contribution is -0.136. The van der Waals surface area contributed by atoms with Crippen LogP contribution in [0.3, 0.4) is 0 Å². The average Bonchev–Trinajstić information content (AvgIpc) is 2.86. The van der Waals surface area contributed by atoms with Gasteiger partial charge in [-0.3, -0.25) is 24.4 Å². The lowest BCUT2D eigenvalue weighted by atomic mass is 10.1. The molecule has 4 rings (SSSR count). The van der Waals surface area contributed by atoms with Crippen LogP contribution in [0.5, 0.6) is 0 Å². The van der Waals surface area contributed by atoms with Crippen molar-refractivity contribution in [1.29, 1.82) is 0 Å². The van der Waals surface area contributed by atoms with Gasteiger partial charge in [0.05, 0.1) is 6.04 Å². The van der Waals surface area contributed by atoms with Gasteiger partial charge in [-0.25, -0.2) is 0 Å². The van der Waals surface area contributed by atoms with Crippen molar-refractivity contribution in [3.63, 3.8) is 0 Å². The first-order chi connectivity index (χ1) is 16.6. The summed E-state index contributed by atoms with van der Waals surface area (Å²) in [6.07, 6.45) is 3.55. The van der Waals surface area contributed by atoms with E-state index in [1.54, 1.807) is 30.5 Å². The summed E-state index contributed by atoms with van der Waals surface area (Å²) >= 11 is 5.95. The number of nitrogens with one attached hydrogen (secondary N) is 2. The van der Waals surface area contributed by atoms with E-state index in [0.717, 1.165) is 38.3 Å². The van der Waals surface area contributed by atoms with E-state index in [9.17, 15) is 9.59 Å². The van der Waals surface area contributed by atoms with Crippen LogP contribution in [-0.2, 0) is 16.1 Å². The van der Waals surface area contributed by atoms with Crippen LogP contribution in [0.15, 0.2) is 79.1 Å². The highest BCUT2D eigenvalue weighted by atomic mass is 35.5. The summed E-state index contributed by atoms with van der Waals surface area (Å²) in [7, 11) is 0. The van der Waals surface area contributed by atoms with Crippen LogP contribution in [0, 0.1) is 0 Å². The fraction of sp³-hybridized carbons (Fsp3) is 0.269. The first-order valence-corrected chi connectivity index (χ1v) is 11.7. The predicted octanol–water partition coefficient (Wildman–Crippen LogP) is 3.35. The molecule has 2 heterocycles. The largest absolute Gasteiger partial charge is 0.346 e. The number of pyridine rings is 1. The van der Waals surface area contributed by atoms with Gasteiger partial charge in [0.15, 0.2) is 0 Å². The van der Waals surface area contributed by atoms with Crippen molar-refractivity contribution in [3.8, 4) is 0 Å². The molecule has 1 aliphatic rings. The van der Waals surface area contributed by atoms with Crippen molar-refractivity contribution < 1.29 is 9.59 Å². The molecule has 1 aliphatic heterocycles. The number of halogens is 1. The highest BCUT2D eigenvalue weighted by molar-refractivity contribution is 6.39. The molecule has 0 radical (unpaired) electrons. The Hall–Kier alpha value is -3.26. The van der Waals surface area contributed by atoms with Gasteiger partial charge >= 0.3 is 11.8 Å². The Morgan fingerprint density at radius 1 is 0.941 bits per heavy atom. The molecule has 176 valence electrons. The van der Waals surface area contributed by atoms with Crippen molar-refractivity contribution in [2.24, 2.45) is 0 Å². The lowest BCUT2D eigenvalue weighted by Crippen LogP contribution is -2.50. The quantitative estimate of drug-likeness (QED) is 0.510. The third-order valence-corrected chi connectivity index (χ3v) is 6.15. The summed E-state index contributed by atoms with van der Waals surface area (Å²) in [6, 6.07) is 21.0. The summed E-state index contributed by atoms with van der Waals surface area (Å²) in [4.78, 5) is 33.9. The number of carbonyl (C=O) groups excluding carboxylic acids is 2. The molecule has 0 aliphatic carbocycles. The molecule has 0 saturated carbocycles. The smallest absolute Gasteiger partial charge is 0.313 e. The molecule has 2 aromatic carbocycles. The monoisotopic (exact) mass is 477 g/mol. The molecule has 1 fully saturated rings. The molecular weight excluding hydrogens is 450 g/mol. The van der Waals surface area contributed by atoms with Crippen LogP contribution in [0.2, 0.25) is 5.02 Å². The molecule has 0 unspecified atom stereocenters. The maximum Gasteiger partial charge on any atom is 0.313 e. The lowest BCUT2D eigenvalue weighted by Gasteiger charge is -2.39. The van der Waals surface area contributed by atoms with Gasteiger partial charge in [0.25, 0.3) is 0 Å². The maximum atomic E-state index is 12.5. The molecule has 34 heavy (non-hydrogen) atoms. The van der Waals surface area contributed by atoms with E-state index < -0.39 is 11.8 Å². The second kappa shape index (κ2) is 11.7. The zero-order valence-corrected chi connectivity index (χ0v) is 19.6. The van der Waals surface area contributed by atoms with Crippen LogP contribution < -0.4 is 10.6 Å². The van der Waals surface area contributed by atoms with E-state index in [1.807, 2.05) is 24.4 Å². The molecule has 3 aromatic rings. The Morgan fingerprint density at radius 3 is 2.44 bits per heavy atom. The van der Waals surface area contributed by atoms with E-state index in [0.29, 0.717) is 17.3 Å². The van der Waals surface area contributed by atoms with E-state index in [1.165, 1.54) is 5.56 Å². The summed E-state index contributed by atoms with van der Waals surface area (Å²) in [5.74, 6) is -1.41. The standard InChI is InChI=1S/C26H28ClN5O2/c27-22-9-4-10-23(16-22)30-26(34)25(33)29-18-24(21-8-5-11-28-17-21)32-14-12-31(13-15-32)19-20-6-2-1-3-7-20/h1-11,16-17,24H,12-15,18-19H2,(H,29,33)(H,30,34)/t24-/m1/s1. The Labute approximate surface area is 204 Å². The number of rotatable bonds is 7. The Kier molecular flexibility index (Phi) is 8.25. The van der Waals surface area contributed by atoms with Gasteiger partial charge < -0.3 is 10.6 Å². The van der Waals surface area contributed by atoms with Crippen LogP contribution in [-0.4, -0.2) is 59.3 Å². The van der Waals surface area contributed by atoms with Crippen molar-refractivity contribution in [3.05, 3.63) is 95.3 Å². The zero-order chi connectivity index (χ0) is 23.8. The van der Waals surface area contributed by atoms with Gasteiger partial charge in [-0.05, 0) is 35.4 Å². The highest BCUT2D eigenvalue weighted by Gasteiger charge is 2.26. The number of nitrogens with zero attached hydrogens (tertiary/aromatic N) is 3. The van der Waals surface area contributed by atoms with Crippen LogP contribution in [0.1, 0.15) is 17.2 Å². The minimum Gasteiger partial charge on any atom is -0.346 e. The van der Waals surface area contributed by atoms with Gasteiger partial charge in [-0.2, -0.15) is 0 Å². The summed E-state index contributed by atoms with van der Waals surface area (Å²) in [5.41, 5.74) is 2.79. The van der Waals surface area contributed by atoms with Gasteiger partial charge in [0, 0.05) is 62.4 Å². The van der Waals surface area contributed by atoms with E-state index in [2.05, 4.69) is 49.7 Å². The number of aromatic nitrogens is 1. The highest BCUT2D eigenvalue weighted by Crippen LogP contribution is 2.22. The SMILES string of the molecule is O=C(NC[C@H](c1cccnc1)N1CCN(Cc2ccccc2)CC1)C(=O)Nc1cccc(Cl)c1. The Morgan fingerprint density at radius 2 is 1.74 bits per heavy atom. The number of piperazine rings is 1. The van der Waals surface area contributed by atoms with Crippen LogP contribution in [0.25, 0.3) is 0 Å². The molecule has 2 amide bonds. The van der Waals surface area contributed by atoms with E-state index in [-0.39, 0.29) is 6.04 Å². The molecule has 7 nitrogen and oxygen atoms in total. The van der Waals surface area contributed by atoms with Crippen LogP contribution in [0.4, 0.5) is 5.69 Å². The molecule has 1 saturated heterocycles. The predicted molar refractivity (Wildman–Crippen MR) is 133 cm³/mol. The number of hydrogen-bond donors (Lipinski definition) is 2. The van der Waals surface area contributed by atoms with Gasteiger partial charge in [-0.15, -0.1) is 0 Å². The summed E-state index contributed by atoms with van der Waals surface area (Å²) in [6.45, 7) is 4.80. The average molecular weight is 478 g/mol. The van der Waals surface area contributed by atoms with E-state index in [4.69, 9.17) is 11.6 Å². The Balaban J connectivity index is 1.35. The molecule has 0 bridgehead atoms. The van der Waals surface area contributed by atoms with Gasteiger partial charge in [0.2, 0.25) is 0 Å². The Bertz CT molecular complexity index is 1090.